The fourth-order valence-electron chi connectivity index (χ4n) is 1.43. The quantitative estimate of drug-likeness (QED) is 0.652. The average molecular weight is 287 g/mol. The third-order valence-corrected chi connectivity index (χ3v) is 3.11. The Bertz CT molecular complexity index is 382. The molecule has 0 aromatic heterocycles. The van der Waals surface area contributed by atoms with Crippen LogP contribution < -0.4 is 11.3 Å². The molecule has 0 heterocycles. The van der Waals surface area contributed by atoms with Crippen LogP contribution in [0.4, 0.5) is 13.2 Å². The van der Waals surface area contributed by atoms with Gasteiger partial charge < -0.3 is 0 Å². The van der Waals surface area contributed by atoms with Crippen molar-refractivity contribution in [2.45, 2.75) is 25.1 Å². The zero-order valence-corrected chi connectivity index (χ0v) is 10.2. The lowest BCUT2D eigenvalue weighted by molar-refractivity contribution is -0.136. The molecule has 1 aromatic rings. The lowest BCUT2D eigenvalue weighted by Crippen LogP contribution is -2.29. The largest absolute Gasteiger partial charge is 0.389 e. The second-order valence-electron chi connectivity index (χ2n) is 3.52. The molecule has 1 aromatic carbocycles. The highest BCUT2D eigenvalue weighted by atomic mass is 35.5. The molecule has 0 aliphatic carbocycles. The molecule has 1 rings (SSSR count). The molecule has 0 aliphatic rings. The van der Waals surface area contributed by atoms with Gasteiger partial charge in [0.2, 0.25) is 0 Å². The Kier molecular flexibility index (Phi) is 5.06. The van der Waals surface area contributed by atoms with Gasteiger partial charge in [-0.05, 0) is 18.1 Å². The standard InChI is InChI=1S/C10H11Cl2F3N2/c11-7-3-1-2-6(9(7)12)8(17-16)4-5-10(13,14)15/h1-3,8,17H,4-5,16H2. The van der Waals surface area contributed by atoms with Crippen molar-refractivity contribution in [2.75, 3.05) is 0 Å². The molecule has 17 heavy (non-hydrogen) atoms. The second kappa shape index (κ2) is 5.91. The summed E-state index contributed by atoms with van der Waals surface area (Å²) in [5.74, 6) is 5.23. The predicted molar refractivity (Wildman–Crippen MR) is 61.8 cm³/mol. The first kappa shape index (κ1) is 14.6. The Morgan fingerprint density at radius 2 is 1.94 bits per heavy atom. The van der Waals surface area contributed by atoms with Gasteiger partial charge in [-0.2, -0.15) is 13.2 Å². The molecule has 0 aliphatic heterocycles. The minimum absolute atomic E-state index is 0.194. The van der Waals surface area contributed by atoms with E-state index in [1.807, 2.05) is 0 Å². The SMILES string of the molecule is NNC(CCC(F)(F)F)c1cccc(Cl)c1Cl. The summed E-state index contributed by atoms with van der Waals surface area (Å²) in [6.07, 6.45) is -5.36. The smallest absolute Gasteiger partial charge is 0.271 e. The van der Waals surface area contributed by atoms with E-state index in [-0.39, 0.29) is 16.5 Å². The van der Waals surface area contributed by atoms with Crippen LogP contribution in [0.1, 0.15) is 24.4 Å². The Morgan fingerprint density at radius 1 is 1.29 bits per heavy atom. The van der Waals surface area contributed by atoms with Gasteiger partial charge in [-0.25, -0.2) is 0 Å². The van der Waals surface area contributed by atoms with Crippen molar-refractivity contribution in [1.29, 1.82) is 0 Å². The number of benzene rings is 1. The molecule has 1 atom stereocenters. The van der Waals surface area contributed by atoms with Gasteiger partial charge in [0.05, 0.1) is 10.0 Å². The molecule has 3 N–H and O–H groups in total. The molecule has 0 spiro atoms. The van der Waals surface area contributed by atoms with Crippen LogP contribution in [-0.4, -0.2) is 6.18 Å². The van der Waals surface area contributed by atoms with Crippen LogP contribution in [0.2, 0.25) is 10.0 Å². The number of hydrogen-bond donors (Lipinski definition) is 2. The summed E-state index contributed by atoms with van der Waals surface area (Å²) >= 11 is 11.7. The van der Waals surface area contributed by atoms with Crippen LogP contribution >= 0.6 is 23.2 Å². The number of hydrazine groups is 1. The Morgan fingerprint density at radius 3 is 2.47 bits per heavy atom. The molecule has 2 nitrogen and oxygen atoms in total. The van der Waals surface area contributed by atoms with Gasteiger partial charge in [0.1, 0.15) is 0 Å². The summed E-state index contributed by atoms with van der Waals surface area (Å²) < 4.78 is 36.4. The lowest BCUT2D eigenvalue weighted by Gasteiger charge is -2.18. The van der Waals surface area contributed by atoms with Crippen LogP contribution in [0.3, 0.4) is 0 Å². The molecule has 0 bridgehead atoms. The average Bonchev–Trinajstić information content (AvgIpc) is 2.23. The third-order valence-electron chi connectivity index (χ3n) is 2.27. The van der Waals surface area contributed by atoms with E-state index in [4.69, 9.17) is 29.0 Å². The first-order valence-electron chi connectivity index (χ1n) is 4.82. The normalized spacial score (nSPS) is 13.8. The first-order chi connectivity index (χ1) is 7.85. The molecule has 0 radical (unpaired) electrons. The number of hydrogen-bond acceptors (Lipinski definition) is 2. The van der Waals surface area contributed by atoms with Gasteiger partial charge in [0, 0.05) is 12.5 Å². The fourth-order valence-corrected chi connectivity index (χ4v) is 1.87. The molecular formula is C10H11Cl2F3N2. The van der Waals surface area contributed by atoms with Crippen molar-refractivity contribution < 1.29 is 13.2 Å². The number of nitrogens with one attached hydrogen (secondary N) is 1. The summed E-state index contributed by atoms with van der Waals surface area (Å²) in [5, 5.41) is 0.510. The fraction of sp³-hybridized carbons (Fsp3) is 0.400. The number of rotatable bonds is 4. The van der Waals surface area contributed by atoms with Crippen molar-refractivity contribution in [3.63, 3.8) is 0 Å². The predicted octanol–water partition coefficient (Wildman–Crippen LogP) is 3.84. The molecule has 0 amide bonds. The second-order valence-corrected chi connectivity index (χ2v) is 4.30. The van der Waals surface area contributed by atoms with E-state index >= 15 is 0 Å². The lowest BCUT2D eigenvalue weighted by atomic mass is 10.0. The van der Waals surface area contributed by atoms with E-state index < -0.39 is 18.6 Å². The molecule has 7 heteroatoms. The summed E-state index contributed by atoms with van der Waals surface area (Å²) in [7, 11) is 0. The zero-order valence-electron chi connectivity index (χ0n) is 8.69. The van der Waals surface area contributed by atoms with E-state index in [0.29, 0.717) is 5.56 Å². The topological polar surface area (TPSA) is 38.0 Å². The van der Waals surface area contributed by atoms with Crippen molar-refractivity contribution in [1.82, 2.24) is 5.43 Å². The van der Waals surface area contributed by atoms with E-state index in [1.165, 1.54) is 0 Å². The van der Waals surface area contributed by atoms with Gasteiger partial charge in [-0.15, -0.1) is 0 Å². The van der Waals surface area contributed by atoms with Gasteiger partial charge >= 0.3 is 6.18 Å². The summed E-state index contributed by atoms with van der Waals surface area (Å²) in [4.78, 5) is 0. The van der Waals surface area contributed by atoms with Crippen LogP contribution in [0.5, 0.6) is 0 Å². The maximum absolute atomic E-state index is 12.1. The molecule has 0 saturated carbocycles. The Balaban J connectivity index is 2.83. The molecule has 96 valence electrons. The number of alkyl halides is 3. The first-order valence-corrected chi connectivity index (χ1v) is 5.57. The number of nitrogens with two attached hydrogens (primary N) is 1. The summed E-state index contributed by atoms with van der Waals surface area (Å²) in [6.45, 7) is 0. The third kappa shape index (κ3) is 4.35. The highest BCUT2D eigenvalue weighted by Gasteiger charge is 2.29. The highest BCUT2D eigenvalue weighted by Crippen LogP contribution is 2.33. The monoisotopic (exact) mass is 286 g/mol. The van der Waals surface area contributed by atoms with Gasteiger partial charge in [-0.1, -0.05) is 35.3 Å². The van der Waals surface area contributed by atoms with Crippen molar-refractivity contribution in [2.24, 2.45) is 5.84 Å². The van der Waals surface area contributed by atoms with Crippen molar-refractivity contribution in [3.05, 3.63) is 33.8 Å². The minimum Gasteiger partial charge on any atom is -0.271 e. The summed E-state index contributed by atoms with van der Waals surface area (Å²) in [5.41, 5.74) is 2.78. The van der Waals surface area contributed by atoms with Gasteiger partial charge in [0.15, 0.2) is 0 Å². The van der Waals surface area contributed by atoms with E-state index in [9.17, 15) is 13.2 Å². The van der Waals surface area contributed by atoms with Crippen LogP contribution in [0.15, 0.2) is 18.2 Å². The van der Waals surface area contributed by atoms with E-state index in [2.05, 4.69) is 5.43 Å². The molecule has 0 saturated heterocycles. The molecule has 1 unspecified atom stereocenters. The van der Waals surface area contributed by atoms with Crippen LogP contribution in [0, 0.1) is 0 Å². The van der Waals surface area contributed by atoms with Crippen LogP contribution in [-0.2, 0) is 0 Å². The van der Waals surface area contributed by atoms with Crippen molar-refractivity contribution >= 4 is 23.2 Å². The van der Waals surface area contributed by atoms with Crippen LogP contribution in [0.25, 0.3) is 0 Å². The molecular weight excluding hydrogens is 276 g/mol. The van der Waals surface area contributed by atoms with E-state index in [0.717, 1.165) is 0 Å². The highest BCUT2D eigenvalue weighted by molar-refractivity contribution is 6.42. The van der Waals surface area contributed by atoms with E-state index in [1.54, 1.807) is 18.2 Å². The van der Waals surface area contributed by atoms with Gasteiger partial charge in [-0.3, -0.25) is 11.3 Å². The summed E-state index contributed by atoms with van der Waals surface area (Å²) in [6, 6.07) is 4.09. The minimum atomic E-state index is -4.22. The Labute approximate surface area is 107 Å². The van der Waals surface area contributed by atoms with Gasteiger partial charge in [0.25, 0.3) is 0 Å². The maximum Gasteiger partial charge on any atom is 0.389 e. The van der Waals surface area contributed by atoms with Crippen molar-refractivity contribution in [3.8, 4) is 0 Å². The number of halogens is 5. The molecule has 0 fully saturated rings. The zero-order chi connectivity index (χ0) is 13.1. The maximum atomic E-state index is 12.1. The Hall–Kier alpha value is -0.490.